The molecule has 0 atom stereocenters. The van der Waals surface area contributed by atoms with Crippen LogP contribution in [0.5, 0.6) is 0 Å². The fraction of sp³-hybridized carbons (Fsp3) is 0.333. The van der Waals surface area contributed by atoms with Gasteiger partial charge in [-0.3, -0.25) is 4.79 Å². The molecule has 2 aromatic rings. The van der Waals surface area contributed by atoms with E-state index in [1.54, 1.807) is 39.0 Å². The van der Waals surface area contributed by atoms with Crippen LogP contribution in [0.1, 0.15) is 39.4 Å². The maximum Gasteiger partial charge on any atom is 0.338 e. The summed E-state index contributed by atoms with van der Waals surface area (Å²) in [7, 11) is -3.71. The van der Waals surface area contributed by atoms with Crippen LogP contribution in [0, 0.1) is 6.92 Å². The molecule has 0 aliphatic rings. The first-order chi connectivity index (χ1) is 12.7. The highest BCUT2D eigenvalue weighted by molar-refractivity contribution is 7.89. The molecule has 0 fully saturated rings. The Morgan fingerprint density at radius 3 is 2.37 bits per heavy atom. The van der Waals surface area contributed by atoms with Crippen molar-refractivity contribution in [3.8, 4) is 0 Å². The van der Waals surface area contributed by atoms with Gasteiger partial charge in [0, 0.05) is 13.1 Å². The summed E-state index contributed by atoms with van der Waals surface area (Å²) in [6.07, 6.45) is 0. The predicted octanol–water partition coefficient (Wildman–Crippen LogP) is 3.78. The van der Waals surface area contributed by atoms with E-state index in [1.165, 1.54) is 16.4 Å². The van der Waals surface area contributed by atoms with E-state index in [2.05, 4.69) is 0 Å². The fourth-order valence-electron chi connectivity index (χ4n) is 2.46. The molecule has 0 N–H and O–H groups in total. The Bertz CT molecular complexity index is 948. The van der Waals surface area contributed by atoms with E-state index in [1.807, 2.05) is 0 Å². The number of sulfonamides is 1. The first kappa shape index (κ1) is 21.6. The minimum Gasteiger partial charge on any atom is -0.454 e. The lowest BCUT2D eigenvalue weighted by Gasteiger charge is -2.20. The summed E-state index contributed by atoms with van der Waals surface area (Å²) in [5, 5.41) is 0. The number of halogens is 1. The van der Waals surface area contributed by atoms with Crippen LogP contribution in [-0.2, 0) is 14.8 Å². The molecule has 1 heterocycles. The Balaban J connectivity index is 2.19. The number of benzene rings is 1. The topological polar surface area (TPSA) is 80.8 Å². The number of ketones is 1. The Labute approximate surface area is 167 Å². The second-order valence-corrected chi connectivity index (χ2v) is 9.29. The summed E-state index contributed by atoms with van der Waals surface area (Å²) in [5.74, 6) is -1.13. The SMILES string of the molecule is CCN(CC)S(=O)(=O)c1cc(C(=O)OCC(=O)c2ccc(Cl)s2)ccc1C. The van der Waals surface area contributed by atoms with Gasteiger partial charge in [0.1, 0.15) is 0 Å². The van der Waals surface area contributed by atoms with Crippen molar-refractivity contribution in [2.75, 3.05) is 19.7 Å². The Hall–Kier alpha value is -1.74. The second kappa shape index (κ2) is 8.97. The molecule has 9 heteroatoms. The minimum absolute atomic E-state index is 0.0528. The van der Waals surface area contributed by atoms with E-state index in [9.17, 15) is 18.0 Å². The normalized spacial score (nSPS) is 11.6. The van der Waals surface area contributed by atoms with Crippen molar-refractivity contribution in [2.24, 2.45) is 0 Å². The van der Waals surface area contributed by atoms with E-state index in [0.717, 1.165) is 11.3 Å². The molecule has 1 aromatic heterocycles. The maximum atomic E-state index is 12.8. The monoisotopic (exact) mass is 429 g/mol. The van der Waals surface area contributed by atoms with Gasteiger partial charge in [0.05, 0.1) is 19.7 Å². The number of Topliss-reactive ketones (excluding diaryl/α,β-unsaturated/α-hetero) is 1. The third-order valence-electron chi connectivity index (χ3n) is 3.93. The average molecular weight is 430 g/mol. The number of rotatable bonds is 8. The molecule has 2 rings (SSSR count). The third-order valence-corrected chi connectivity index (χ3v) is 7.39. The molecule has 0 aliphatic carbocycles. The number of carbonyl (C=O) groups excluding carboxylic acids is 2. The van der Waals surface area contributed by atoms with Gasteiger partial charge in [-0.05, 0) is 36.8 Å². The van der Waals surface area contributed by atoms with Crippen molar-refractivity contribution in [3.63, 3.8) is 0 Å². The molecule has 6 nitrogen and oxygen atoms in total. The molecular formula is C18H20ClNO5S2. The molecular weight excluding hydrogens is 410 g/mol. The molecule has 146 valence electrons. The van der Waals surface area contributed by atoms with Crippen molar-refractivity contribution in [2.45, 2.75) is 25.7 Å². The average Bonchev–Trinajstić information content (AvgIpc) is 3.07. The van der Waals surface area contributed by atoms with Crippen LogP contribution in [-0.4, -0.2) is 44.2 Å². The van der Waals surface area contributed by atoms with E-state index >= 15 is 0 Å². The molecule has 0 unspecified atom stereocenters. The lowest BCUT2D eigenvalue weighted by Crippen LogP contribution is -2.31. The zero-order valence-electron chi connectivity index (χ0n) is 15.2. The molecule has 0 amide bonds. The largest absolute Gasteiger partial charge is 0.454 e. The Morgan fingerprint density at radius 1 is 1.15 bits per heavy atom. The summed E-state index contributed by atoms with van der Waals surface area (Å²) >= 11 is 6.88. The van der Waals surface area contributed by atoms with Crippen LogP contribution >= 0.6 is 22.9 Å². The van der Waals surface area contributed by atoms with Gasteiger partial charge in [-0.1, -0.05) is 31.5 Å². The smallest absolute Gasteiger partial charge is 0.338 e. The van der Waals surface area contributed by atoms with Gasteiger partial charge in [-0.25, -0.2) is 13.2 Å². The standard InChI is InChI=1S/C18H20ClNO5S2/c1-4-20(5-2)27(23,24)16-10-13(7-6-12(16)3)18(22)25-11-14(21)15-8-9-17(19)26-15/h6-10H,4-5,11H2,1-3H3. The van der Waals surface area contributed by atoms with E-state index in [4.69, 9.17) is 16.3 Å². The molecule has 0 saturated heterocycles. The molecule has 0 radical (unpaired) electrons. The number of carbonyl (C=O) groups is 2. The van der Waals surface area contributed by atoms with Crippen molar-refractivity contribution >= 4 is 44.7 Å². The zero-order chi connectivity index (χ0) is 20.2. The number of hydrogen-bond acceptors (Lipinski definition) is 6. The van der Waals surface area contributed by atoms with Crippen LogP contribution < -0.4 is 0 Å². The van der Waals surface area contributed by atoms with Gasteiger partial charge in [0.15, 0.2) is 6.61 Å². The van der Waals surface area contributed by atoms with Crippen molar-refractivity contribution in [1.82, 2.24) is 4.31 Å². The summed E-state index contributed by atoms with van der Waals surface area (Å²) in [6.45, 7) is 5.36. The van der Waals surface area contributed by atoms with Gasteiger partial charge in [0.25, 0.3) is 0 Å². The van der Waals surface area contributed by atoms with Crippen molar-refractivity contribution < 1.29 is 22.7 Å². The van der Waals surface area contributed by atoms with Gasteiger partial charge in [0.2, 0.25) is 15.8 Å². The molecule has 0 bridgehead atoms. The van der Waals surface area contributed by atoms with E-state index in [0.29, 0.717) is 27.9 Å². The lowest BCUT2D eigenvalue weighted by molar-refractivity contribution is 0.0475. The van der Waals surface area contributed by atoms with Gasteiger partial charge in [-0.2, -0.15) is 4.31 Å². The lowest BCUT2D eigenvalue weighted by atomic mass is 10.1. The quantitative estimate of drug-likeness (QED) is 0.471. The van der Waals surface area contributed by atoms with E-state index < -0.39 is 22.6 Å². The summed E-state index contributed by atoms with van der Waals surface area (Å²) in [4.78, 5) is 24.7. The van der Waals surface area contributed by atoms with Crippen LogP contribution in [0.3, 0.4) is 0 Å². The van der Waals surface area contributed by atoms with Crippen molar-refractivity contribution in [3.05, 3.63) is 50.7 Å². The number of nitrogens with zero attached hydrogens (tertiary/aromatic N) is 1. The van der Waals surface area contributed by atoms with Gasteiger partial charge >= 0.3 is 5.97 Å². The summed E-state index contributed by atoms with van der Waals surface area (Å²) < 4.78 is 32.3. The highest BCUT2D eigenvalue weighted by atomic mass is 35.5. The molecule has 0 aliphatic heterocycles. The number of aryl methyl sites for hydroxylation is 1. The Kier molecular flexibility index (Phi) is 7.16. The summed E-state index contributed by atoms with van der Waals surface area (Å²) in [5.41, 5.74) is 0.603. The first-order valence-corrected chi connectivity index (χ1v) is 10.9. The molecule has 1 aromatic carbocycles. The number of hydrogen-bond donors (Lipinski definition) is 0. The van der Waals surface area contributed by atoms with Crippen LogP contribution in [0.4, 0.5) is 0 Å². The second-order valence-electron chi connectivity index (χ2n) is 5.67. The number of ether oxygens (including phenoxy) is 1. The predicted molar refractivity (Wildman–Crippen MR) is 105 cm³/mol. The van der Waals surface area contributed by atoms with Crippen LogP contribution in [0.15, 0.2) is 35.2 Å². The zero-order valence-corrected chi connectivity index (χ0v) is 17.6. The Morgan fingerprint density at radius 2 is 1.81 bits per heavy atom. The van der Waals surface area contributed by atoms with Gasteiger partial charge in [-0.15, -0.1) is 11.3 Å². The van der Waals surface area contributed by atoms with Crippen LogP contribution in [0.25, 0.3) is 0 Å². The fourth-order valence-corrected chi connectivity index (χ4v) is 5.13. The first-order valence-electron chi connectivity index (χ1n) is 8.27. The molecule has 0 saturated carbocycles. The van der Waals surface area contributed by atoms with E-state index in [-0.39, 0.29) is 16.2 Å². The number of esters is 1. The van der Waals surface area contributed by atoms with Crippen molar-refractivity contribution in [1.29, 1.82) is 0 Å². The molecule has 0 spiro atoms. The number of thiophene rings is 1. The minimum atomic E-state index is -3.71. The highest BCUT2D eigenvalue weighted by Crippen LogP contribution is 2.23. The summed E-state index contributed by atoms with van der Waals surface area (Å²) in [6, 6.07) is 7.46. The highest BCUT2D eigenvalue weighted by Gasteiger charge is 2.25. The maximum absolute atomic E-state index is 12.8. The van der Waals surface area contributed by atoms with Crippen LogP contribution in [0.2, 0.25) is 4.34 Å². The molecule has 27 heavy (non-hydrogen) atoms. The van der Waals surface area contributed by atoms with Gasteiger partial charge < -0.3 is 4.74 Å². The third kappa shape index (κ3) is 4.95.